The molecule has 0 amide bonds. The van der Waals surface area contributed by atoms with Crippen molar-refractivity contribution in [2.75, 3.05) is 13.2 Å². The van der Waals surface area contributed by atoms with E-state index in [9.17, 15) is 14.4 Å². The number of hydrogen-bond donors (Lipinski definition) is 0. The van der Waals surface area contributed by atoms with Crippen LogP contribution in [0.15, 0.2) is 24.3 Å². The molecule has 0 aliphatic heterocycles. The van der Waals surface area contributed by atoms with Crippen molar-refractivity contribution in [3.63, 3.8) is 0 Å². The summed E-state index contributed by atoms with van der Waals surface area (Å²) >= 11 is 0. The van der Waals surface area contributed by atoms with Crippen molar-refractivity contribution in [2.45, 2.75) is 361 Å². The van der Waals surface area contributed by atoms with Crippen LogP contribution in [0.5, 0.6) is 0 Å². The second kappa shape index (κ2) is 60.4. The normalized spacial score (nSPS) is 12.1. The van der Waals surface area contributed by atoms with Crippen molar-refractivity contribution >= 4 is 17.9 Å². The van der Waals surface area contributed by atoms with Gasteiger partial charge in [0.15, 0.2) is 6.10 Å². The van der Waals surface area contributed by atoms with Gasteiger partial charge in [0.1, 0.15) is 13.2 Å². The predicted molar refractivity (Wildman–Crippen MR) is 307 cm³/mol. The summed E-state index contributed by atoms with van der Waals surface area (Å²) in [6.45, 7) is 6.68. The largest absolute Gasteiger partial charge is 0.462 e. The topological polar surface area (TPSA) is 78.9 Å². The first kappa shape index (κ1) is 68.9. The van der Waals surface area contributed by atoms with E-state index in [1.165, 1.54) is 250 Å². The van der Waals surface area contributed by atoms with E-state index in [-0.39, 0.29) is 31.1 Å². The third-order valence-electron chi connectivity index (χ3n) is 14.5. The zero-order valence-corrected chi connectivity index (χ0v) is 48.0. The Hall–Kier alpha value is -2.11. The average molecular weight is 1000 g/mol. The van der Waals surface area contributed by atoms with Crippen molar-refractivity contribution in [3.05, 3.63) is 24.3 Å². The van der Waals surface area contributed by atoms with E-state index in [1.807, 2.05) is 0 Å². The van der Waals surface area contributed by atoms with Gasteiger partial charge in [-0.25, -0.2) is 0 Å². The molecule has 0 heterocycles. The molecule has 0 aromatic heterocycles. The maximum absolute atomic E-state index is 12.9. The molecule has 0 spiro atoms. The van der Waals surface area contributed by atoms with E-state index in [0.29, 0.717) is 19.3 Å². The quantitative estimate of drug-likeness (QED) is 0.0261. The summed E-state index contributed by atoms with van der Waals surface area (Å²) in [5, 5.41) is 0. The van der Waals surface area contributed by atoms with Crippen LogP contribution < -0.4 is 0 Å². The van der Waals surface area contributed by atoms with Crippen LogP contribution in [0.25, 0.3) is 0 Å². The smallest absolute Gasteiger partial charge is 0.306 e. The Kier molecular flexibility index (Phi) is 58.6. The summed E-state index contributed by atoms with van der Waals surface area (Å²) in [6.07, 6.45) is 71.9. The SMILES string of the molecule is CCCCCCC/C=C\C/C=C\CCCCCCCCCCCCCCCCCC(=O)OCC(COC(=O)CCCCCCCCCCCCC)OC(=O)CCCCCCCCCCCCCCCCC. The molecule has 0 aromatic rings. The molecule has 0 fully saturated rings. The molecule has 6 heteroatoms. The maximum Gasteiger partial charge on any atom is 0.306 e. The number of esters is 3. The lowest BCUT2D eigenvalue weighted by molar-refractivity contribution is -0.167. The monoisotopic (exact) mass is 999 g/mol. The lowest BCUT2D eigenvalue weighted by atomic mass is 10.0. The van der Waals surface area contributed by atoms with E-state index in [1.54, 1.807) is 0 Å². The second-order valence-corrected chi connectivity index (χ2v) is 21.7. The zero-order valence-electron chi connectivity index (χ0n) is 48.0. The Balaban J connectivity index is 4.15. The van der Waals surface area contributed by atoms with Gasteiger partial charge < -0.3 is 14.2 Å². The van der Waals surface area contributed by atoms with Crippen LogP contribution in [0.4, 0.5) is 0 Å². The van der Waals surface area contributed by atoms with Gasteiger partial charge in [0.05, 0.1) is 0 Å². The van der Waals surface area contributed by atoms with Gasteiger partial charge in [-0.05, 0) is 51.4 Å². The number of hydrogen-bond acceptors (Lipinski definition) is 6. The molecular formula is C65H122O6. The average Bonchev–Trinajstić information content (AvgIpc) is 3.37. The highest BCUT2D eigenvalue weighted by Crippen LogP contribution is 2.18. The van der Waals surface area contributed by atoms with Gasteiger partial charge >= 0.3 is 17.9 Å². The maximum atomic E-state index is 12.9. The summed E-state index contributed by atoms with van der Waals surface area (Å²) in [5.74, 6) is -0.840. The highest BCUT2D eigenvalue weighted by molar-refractivity contribution is 5.71. The van der Waals surface area contributed by atoms with Crippen LogP contribution in [0.3, 0.4) is 0 Å². The molecule has 0 aromatic carbocycles. The number of ether oxygens (including phenoxy) is 3. The molecule has 0 bridgehead atoms. The Morgan fingerprint density at radius 2 is 0.507 bits per heavy atom. The minimum Gasteiger partial charge on any atom is -0.462 e. The molecule has 418 valence electrons. The number of carbonyl (C=O) groups is 3. The molecule has 0 aliphatic rings. The van der Waals surface area contributed by atoms with E-state index >= 15 is 0 Å². The molecule has 0 radical (unpaired) electrons. The third kappa shape index (κ3) is 58.7. The standard InChI is InChI=1S/C65H122O6/c1-4-7-10-13-16-19-22-24-26-27-28-29-30-31-32-33-34-35-36-37-39-40-43-46-49-52-55-58-64(67)70-61-62(60-69-63(66)57-54-51-48-45-42-21-18-15-12-9-6-3)71-65(68)59-56-53-50-47-44-41-38-25-23-20-17-14-11-8-5-2/h22,24,27-28,62H,4-21,23,25-26,29-61H2,1-3H3/b24-22-,28-27-. The number of allylic oxidation sites excluding steroid dienone is 4. The number of carbonyl (C=O) groups excluding carboxylic acids is 3. The van der Waals surface area contributed by atoms with Crippen molar-refractivity contribution in [1.29, 1.82) is 0 Å². The predicted octanol–water partition coefficient (Wildman–Crippen LogP) is 21.4. The van der Waals surface area contributed by atoms with Crippen LogP contribution >= 0.6 is 0 Å². The lowest BCUT2D eigenvalue weighted by Crippen LogP contribution is -2.30. The fourth-order valence-corrected chi connectivity index (χ4v) is 9.65. The summed E-state index contributed by atoms with van der Waals surface area (Å²) in [7, 11) is 0. The van der Waals surface area contributed by atoms with E-state index in [0.717, 1.165) is 64.2 Å². The minimum absolute atomic E-state index is 0.0644. The van der Waals surface area contributed by atoms with Crippen molar-refractivity contribution in [2.24, 2.45) is 0 Å². The lowest BCUT2D eigenvalue weighted by Gasteiger charge is -2.18. The molecule has 0 rings (SSSR count). The fraction of sp³-hybridized carbons (Fsp3) is 0.892. The Bertz CT molecular complexity index is 1150. The molecule has 1 atom stereocenters. The number of rotatable bonds is 59. The van der Waals surface area contributed by atoms with Gasteiger partial charge in [0.2, 0.25) is 0 Å². The van der Waals surface area contributed by atoms with Crippen molar-refractivity contribution in [3.8, 4) is 0 Å². The number of unbranched alkanes of at least 4 members (excludes halogenated alkanes) is 44. The van der Waals surface area contributed by atoms with Gasteiger partial charge in [-0.1, -0.05) is 308 Å². The molecule has 0 saturated heterocycles. The van der Waals surface area contributed by atoms with Crippen LogP contribution in [-0.4, -0.2) is 37.2 Å². The first-order valence-electron chi connectivity index (χ1n) is 31.8. The molecule has 71 heavy (non-hydrogen) atoms. The van der Waals surface area contributed by atoms with Gasteiger partial charge in [0.25, 0.3) is 0 Å². The van der Waals surface area contributed by atoms with Gasteiger partial charge in [-0.2, -0.15) is 0 Å². The van der Waals surface area contributed by atoms with Gasteiger partial charge in [-0.3, -0.25) is 14.4 Å². The van der Waals surface area contributed by atoms with Crippen molar-refractivity contribution in [1.82, 2.24) is 0 Å². The fourth-order valence-electron chi connectivity index (χ4n) is 9.65. The van der Waals surface area contributed by atoms with Gasteiger partial charge in [-0.15, -0.1) is 0 Å². The molecule has 1 unspecified atom stereocenters. The van der Waals surface area contributed by atoms with Gasteiger partial charge in [0, 0.05) is 19.3 Å². The molecule has 0 saturated carbocycles. The summed E-state index contributed by atoms with van der Waals surface area (Å²) in [6, 6.07) is 0. The Morgan fingerprint density at radius 1 is 0.282 bits per heavy atom. The van der Waals surface area contributed by atoms with E-state index in [2.05, 4.69) is 45.1 Å². The summed E-state index contributed by atoms with van der Waals surface area (Å²) in [5.41, 5.74) is 0. The highest BCUT2D eigenvalue weighted by Gasteiger charge is 2.19. The first-order valence-corrected chi connectivity index (χ1v) is 31.8. The Morgan fingerprint density at radius 3 is 0.775 bits per heavy atom. The van der Waals surface area contributed by atoms with E-state index in [4.69, 9.17) is 14.2 Å². The minimum atomic E-state index is -0.765. The molecule has 6 nitrogen and oxygen atoms in total. The highest BCUT2D eigenvalue weighted by atomic mass is 16.6. The molecule has 0 N–H and O–H groups in total. The Labute approximate surface area is 443 Å². The summed E-state index contributed by atoms with van der Waals surface area (Å²) in [4.78, 5) is 38.2. The molecule has 0 aliphatic carbocycles. The van der Waals surface area contributed by atoms with Crippen LogP contribution in [0.1, 0.15) is 355 Å². The third-order valence-corrected chi connectivity index (χ3v) is 14.5. The summed E-state index contributed by atoms with van der Waals surface area (Å²) < 4.78 is 16.9. The van der Waals surface area contributed by atoms with Crippen LogP contribution in [0, 0.1) is 0 Å². The van der Waals surface area contributed by atoms with Crippen LogP contribution in [-0.2, 0) is 28.6 Å². The van der Waals surface area contributed by atoms with Crippen LogP contribution in [0.2, 0.25) is 0 Å². The molecular weight excluding hydrogens is 877 g/mol. The van der Waals surface area contributed by atoms with Crippen molar-refractivity contribution < 1.29 is 28.6 Å². The zero-order chi connectivity index (χ0) is 51.4. The second-order valence-electron chi connectivity index (χ2n) is 21.7. The van der Waals surface area contributed by atoms with E-state index < -0.39 is 6.10 Å². The first-order chi connectivity index (χ1) is 35.0.